The fourth-order valence-corrected chi connectivity index (χ4v) is 4.72. The van der Waals surface area contributed by atoms with Crippen molar-refractivity contribution >= 4 is 17.1 Å². The third-order valence-corrected chi connectivity index (χ3v) is 6.43. The molecule has 6 nitrogen and oxygen atoms in total. The van der Waals surface area contributed by atoms with E-state index in [4.69, 9.17) is 9.26 Å². The van der Waals surface area contributed by atoms with Gasteiger partial charge in [-0.15, -0.1) is 0 Å². The first-order valence-electron chi connectivity index (χ1n) is 12.3. The van der Waals surface area contributed by atoms with Crippen molar-refractivity contribution < 1.29 is 14.1 Å². The van der Waals surface area contributed by atoms with Crippen LogP contribution in [-0.2, 0) is 17.7 Å². The number of benzene rings is 2. The van der Waals surface area contributed by atoms with Gasteiger partial charge in [-0.05, 0) is 83.7 Å². The Bertz CT molecular complexity index is 1110. The van der Waals surface area contributed by atoms with Crippen LogP contribution in [0.15, 0.2) is 47.0 Å². The molecule has 0 bridgehead atoms. The Labute approximate surface area is 202 Å². The lowest BCUT2D eigenvalue weighted by Crippen LogP contribution is -2.41. The molecule has 1 saturated heterocycles. The quantitative estimate of drug-likeness (QED) is 0.440. The van der Waals surface area contributed by atoms with Gasteiger partial charge >= 0.3 is 6.09 Å². The molecule has 1 amide bonds. The van der Waals surface area contributed by atoms with Gasteiger partial charge in [0.2, 0.25) is 0 Å². The number of likely N-dealkylation sites (tertiary alicyclic amines) is 1. The van der Waals surface area contributed by atoms with Crippen molar-refractivity contribution in [2.24, 2.45) is 5.92 Å². The van der Waals surface area contributed by atoms with Crippen molar-refractivity contribution in [2.75, 3.05) is 27.2 Å². The molecule has 2 heterocycles. The van der Waals surface area contributed by atoms with Crippen LogP contribution < -0.4 is 0 Å². The summed E-state index contributed by atoms with van der Waals surface area (Å²) >= 11 is 0. The van der Waals surface area contributed by atoms with Crippen molar-refractivity contribution in [3.8, 4) is 11.1 Å². The molecule has 1 aliphatic rings. The first-order valence-corrected chi connectivity index (χ1v) is 12.3. The number of aromatic nitrogens is 1. The van der Waals surface area contributed by atoms with Gasteiger partial charge in [-0.2, -0.15) is 0 Å². The molecule has 1 aliphatic heterocycles. The zero-order valence-electron chi connectivity index (χ0n) is 21.1. The number of aryl methyl sites for hydroxylation is 1. The molecule has 1 aromatic heterocycles. The lowest BCUT2D eigenvalue weighted by molar-refractivity contribution is 0.0181. The van der Waals surface area contributed by atoms with E-state index < -0.39 is 5.60 Å². The second kappa shape index (κ2) is 10.2. The van der Waals surface area contributed by atoms with Gasteiger partial charge in [-0.25, -0.2) is 4.79 Å². The Morgan fingerprint density at radius 2 is 1.82 bits per heavy atom. The molecule has 34 heavy (non-hydrogen) atoms. The molecule has 6 heteroatoms. The summed E-state index contributed by atoms with van der Waals surface area (Å²) in [6.07, 6.45) is 3.73. The summed E-state index contributed by atoms with van der Waals surface area (Å²) in [6, 6.07) is 14.8. The van der Waals surface area contributed by atoms with Gasteiger partial charge in [-0.1, -0.05) is 41.6 Å². The number of fused-ring (bicyclic) bond motifs is 1. The molecule has 1 fully saturated rings. The van der Waals surface area contributed by atoms with Gasteiger partial charge < -0.3 is 19.1 Å². The summed E-state index contributed by atoms with van der Waals surface area (Å²) < 4.78 is 11.5. The van der Waals surface area contributed by atoms with E-state index in [-0.39, 0.29) is 6.09 Å². The van der Waals surface area contributed by atoms with Crippen LogP contribution in [0.4, 0.5) is 4.79 Å². The maximum Gasteiger partial charge on any atom is 0.410 e. The number of rotatable bonds is 6. The molecule has 0 unspecified atom stereocenters. The minimum atomic E-state index is -0.451. The number of nitrogens with zero attached hydrogens (tertiary/aromatic N) is 3. The van der Waals surface area contributed by atoms with Crippen molar-refractivity contribution in [1.82, 2.24) is 15.0 Å². The molecule has 4 rings (SSSR count). The number of amides is 1. The van der Waals surface area contributed by atoms with Gasteiger partial charge in [0, 0.05) is 30.6 Å². The Morgan fingerprint density at radius 3 is 2.47 bits per heavy atom. The molecule has 0 aliphatic carbocycles. The van der Waals surface area contributed by atoms with Crippen LogP contribution in [0.25, 0.3) is 22.1 Å². The number of hydrogen-bond acceptors (Lipinski definition) is 5. The minimum absolute atomic E-state index is 0.198. The SMILES string of the molecule is CN(C)Cc1c(-c2ccccc2)ccc2c(CCC3CCN(C(=O)OC(C)(C)C)CC3)noc12. The van der Waals surface area contributed by atoms with Crippen LogP contribution in [0, 0.1) is 5.92 Å². The smallest absolute Gasteiger partial charge is 0.410 e. The summed E-state index contributed by atoms with van der Waals surface area (Å²) in [5.74, 6) is 0.579. The van der Waals surface area contributed by atoms with E-state index in [0.717, 1.165) is 62.0 Å². The molecule has 3 aromatic rings. The predicted octanol–water partition coefficient (Wildman–Crippen LogP) is 6.14. The van der Waals surface area contributed by atoms with Crippen molar-refractivity contribution in [3.63, 3.8) is 0 Å². The van der Waals surface area contributed by atoms with Gasteiger partial charge in [0.05, 0.1) is 5.69 Å². The number of carbonyl (C=O) groups excluding carboxylic acids is 1. The van der Waals surface area contributed by atoms with E-state index in [0.29, 0.717) is 5.92 Å². The third kappa shape index (κ3) is 5.79. The summed E-state index contributed by atoms with van der Waals surface area (Å²) in [6.45, 7) is 8.03. The van der Waals surface area contributed by atoms with Crippen molar-refractivity contribution in [2.45, 2.75) is 58.6 Å². The van der Waals surface area contributed by atoms with Crippen LogP contribution in [0.1, 0.15) is 51.3 Å². The van der Waals surface area contributed by atoms with E-state index in [1.165, 1.54) is 16.7 Å². The lowest BCUT2D eigenvalue weighted by Gasteiger charge is -2.33. The van der Waals surface area contributed by atoms with E-state index >= 15 is 0 Å². The highest BCUT2D eigenvalue weighted by Crippen LogP contribution is 2.34. The van der Waals surface area contributed by atoms with Gasteiger partial charge in [0.25, 0.3) is 0 Å². The van der Waals surface area contributed by atoms with Gasteiger partial charge in [-0.3, -0.25) is 0 Å². The number of ether oxygens (including phenoxy) is 1. The van der Waals surface area contributed by atoms with Crippen LogP contribution in [0.5, 0.6) is 0 Å². The predicted molar refractivity (Wildman–Crippen MR) is 136 cm³/mol. The topological polar surface area (TPSA) is 58.8 Å². The Morgan fingerprint density at radius 1 is 1.12 bits per heavy atom. The van der Waals surface area contributed by atoms with Crippen LogP contribution in [0.2, 0.25) is 0 Å². The third-order valence-electron chi connectivity index (χ3n) is 6.43. The highest BCUT2D eigenvalue weighted by molar-refractivity contribution is 5.89. The fourth-order valence-electron chi connectivity index (χ4n) is 4.72. The van der Waals surface area contributed by atoms with E-state index in [1.54, 1.807) is 0 Å². The molecular formula is C28H37N3O3. The Balaban J connectivity index is 1.44. The standard InChI is InChI=1S/C28H37N3O3/c1-28(2,3)33-27(32)31-17-15-20(16-18-31)11-14-25-23-13-12-22(21-9-7-6-8-10-21)24(19-30(4)5)26(23)34-29-25/h6-10,12-13,20H,11,14-19H2,1-5H3. The van der Waals surface area contributed by atoms with Gasteiger partial charge in [0.1, 0.15) is 5.60 Å². The number of hydrogen-bond donors (Lipinski definition) is 0. The molecule has 182 valence electrons. The van der Waals surface area contributed by atoms with E-state index in [2.05, 4.69) is 60.6 Å². The average molecular weight is 464 g/mol. The van der Waals surface area contributed by atoms with E-state index in [1.807, 2.05) is 31.7 Å². The lowest BCUT2D eigenvalue weighted by atomic mass is 9.90. The van der Waals surface area contributed by atoms with Crippen molar-refractivity contribution in [3.05, 3.63) is 53.7 Å². The second-order valence-electron chi connectivity index (χ2n) is 10.7. The molecule has 0 N–H and O–H groups in total. The normalized spacial score (nSPS) is 15.3. The highest BCUT2D eigenvalue weighted by atomic mass is 16.6. The molecule has 0 radical (unpaired) electrons. The van der Waals surface area contributed by atoms with Crippen LogP contribution >= 0.6 is 0 Å². The summed E-state index contributed by atoms with van der Waals surface area (Å²) in [7, 11) is 4.16. The Hall–Kier alpha value is -2.86. The molecule has 0 saturated carbocycles. The minimum Gasteiger partial charge on any atom is -0.444 e. The van der Waals surface area contributed by atoms with Crippen molar-refractivity contribution in [1.29, 1.82) is 0 Å². The average Bonchev–Trinajstić information content (AvgIpc) is 3.21. The monoisotopic (exact) mass is 463 g/mol. The van der Waals surface area contributed by atoms with Crippen LogP contribution in [-0.4, -0.2) is 53.8 Å². The summed E-state index contributed by atoms with van der Waals surface area (Å²) in [5.41, 5.74) is 5.04. The zero-order valence-corrected chi connectivity index (χ0v) is 21.1. The second-order valence-corrected chi connectivity index (χ2v) is 10.7. The van der Waals surface area contributed by atoms with E-state index in [9.17, 15) is 4.79 Å². The first-order chi connectivity index (χ1) is 16.2. The number of piperidine rings is 1. The summed E-state index contributed by atoms with van der Waals surface area (Å²) in [4.78, 5) is 16.3. The molecular weight excluding hydrogens is 426 g/mol. The molecule has 2 aromatic carbocycles. The maximum absolute atomic E-state index is 12.3. The van der Waals surface area contributed by atoms with Gasteiger partial charge in [0.15, 0.2) is 5.58 Å². The first kappa shape index (κ1) is 24.3. The van der Waals surface area contributed by atoms with Crippen LogP contribution in [0.3, 0.4) is 0 Å². The maximum atomic E-state index is 12.3. The number of carbonyl (C=O) groups is 1. The Kier molecular flexibility index (Phi) is 7.27. The zero-order chi connectivity index (χ0) is 24.3. The fraction of sp³-hybridized carbons (Fsp3) is 0.500. The molecule has 0 spiro atoms. The molecule has 0 atom stereocenters. The largest absolute Gasteiger partial charge is 0.444 e. The highest BCUT2D eigenvalue weighted by Gasteiger charge is 2.27. The summed E-state index contributed by atoms with van der Waals surface area (Å²) in [5, 5.41) is 5.60.